The van der Waals surface area contributed by atoms with E-state index in [0.717, 1.165) is 23.1 Å². The van der Waals surface area contributed by atoms with Crippen LogP contribution in [0, 0.1) is 5.82 Å². The number of carbonyl (C=O) groups excluding carboxylic acids is 1. The first-order chi connectivity index (χ1) is 11.3. The predicted molar refractivity (Wildman–Crippen MR) is 70.7 cm³/mol. The summed E-state index contributed by atoms with van der Waals surface area (Å²) in [4.78, 5) is 25.0. The summed E-state index contributed by atoms with van der Waals surface area (Å²) in [6.45, 7) is 0.0912. The Bertz CT molecular complexity index is 842. The third-order valence-corrected chi connectivity index (χ3v) is 3.47. The molecule has 2 heterocycles. The Kier molecular flexibility index (Phi) is 3.78. The van der Waals surface area contributed by atoms with Gasteiger partial charge in [-0.1, -0.05) is 6.07 Å². The topological polar surface area (TPSA) is 80.2 Å². The summed E-state index contributed by atoms with van der Waals surface area (Å²) in [5.74, 6) is -3.07. The van der Waals surface area contributed by atoms with Crippen molar-refractivity contribution in [3.63, 3.8) is 0 Å². The van der Waals surface area contributed by atoms with Crippen molar-refractivity contribution in [2.75, 3.05) is 6.54 Å². The molecule has 2 aromatic rings. The number of aromatic nitrogens is 3. The number of benzene rings is 1. The number of hydrogen-bond acceptors (Lipinski definition) is 4. The van der Waals surface area contributed by atoms with Crippen molar-refractivity contribution in [2.24, 2.45) is 0 Å². The summed E-state index contributed by atoms with van der Waals surface area (Å²) >= 11 is 0. The van der Waals surface area contributed by atoms with E-state index in [1.165, 1.54) is 4.57 Å². The number of nitrogens with one attached hydrogen (secondary N) is 1. The molecular weight excluding hydrogens is 336 g/mol. The zero-order valence-electron chi connectivity index (χ0n) is 11.9. The van der Waals surface area contributed by atoms with Crippen LogP contribution in [-0.4, -0.2) is 38.5 Å². The Morgan fingerprint density at radius 2 is 2.04 bits per heavy atom. The zero-order valence-corrected chi connectivity index (χ0v) is 11.9. The van der Waals surface area contributed by atoms with Gasteiger partial charge in [0.05, 0.1) is 12.1 Å². The normalized spacial score (nSPS) is 14.4. The van der Waals surface area contributed by atoms with Crippen molar-refractivity contribution in [1.29, 1.82) is 0 Å². The van der Waals surface area contributed by atoms with Gasteiger partial charge in [-0.15, -0.1) is 13.2 Å². The maximum absolute atomic E-state index is 13.7. The number of carbonyl (C=O) groups is 1. The van der Waals surface area contributed by atoms with E-state index in [4.69, 9.17) is 0 Å². The number of fused-ring (bicyclic) bond motifs is 1. The summed E-state index contributed by atoms with van der Waals surface area (Å²) in [5, 5.41) is 5.94. The van der Waals surface area contributed by atoms with Crippen LogP contribution in [0.5, 0.6) is 5.75 Å². The van der Waals surface area contributed by atoms with E-state index in [9.17, 15) is 27.2 Å². The maximum atomic E-state index is 13.7. The Morgan fingerprint density at radius 3 is 2.75 bits per heavy atom. The second kappa shape index (κ2) is 5.65. The van der Waals surface area contributed by atoms with Gasteiger partial charge < -0.3 is 9.64 Å². The van der Waals surface area contributed by atoms with Gasteiger partial charge in [0, 0.05) is 13.1 Å². The number of amides is 1. The van der Waals surface area contributed by atoms with Crippen LogP contribution in [-0.2, 0) is 13.1 Å². The molecule has 1 aromatic carbocycles. The molecule has 0 saturated carbocycles. The third kappa shape index (κ3) is 2.96. The number of H-pyrrole nitrogens is 1. The van der Waals surface area contributed by atoms with Crippen molar-refractivity contribution in [1.82, 2.24) is 19.7 Å². The highest BCUT2D eigenvalue weighted by Crippen LogP contribution is 2.30. The molecule has 1 aliphatic heterocycles. The van der Waals surface area contributed by atoms with Gasteiger partial charge >= 0.3 is 12.1 Å². The van der Waals surface area contributed by atoms with Gasteiger partial charge in [0.25, 0.3) is 5.91 Å². The SMILES string of the molecule is O=C(c1cccc(F)c1OC(F)(F)F)N1CCn2c(n[nH]c2=O)C1. The fraction of sp³-hybridized carbons (Fsp3) is 0.308. The number of para-hydroxylation sites is 1. The Labute approximate surface area is 131 Å². The molecule has 0 unspecified atom stereocenters. The number of alkyl halides is 3. The molecule has 1 N–H and O–H groups in total. The number of rotatable bonds is 2. The lowest BCUT2D eigenvalue weighted by Gasteiger charge is -2.27. The fourth-order valence-corrected chi connectivity index (χ4v) is 2.41. The highest BCUT2D eigenvalue weighted by molar-refractivity contribution is 5.97. The van der Waals surface area contributed by atoms with Crippen LogP contribution in [0.4, 0.5) is 17.6 Å². The van der Waals surface area contributed by atoms with E-state index in [0.29, 0.717) is 0 Å². The third-order valence-electron chi connectivity index (χ3n) is 3.47. The lowest BCUT2D eigenvalue weighted by Crippen LogP contribution is -2.41. The van der Waals surface area contributed by atoms with Gasteiger partial charge in [0.1, 0.15) is 0 Å². The molecule has 128 valence electrons. The maximum Gasteiger partial charge on any atom is 0.573 e. The molecule has 0 aliphatic carbocycles. The highest BCUT2D eigenvalue weighted by atomic mass is 19.4. The van der Waals surface area contributed by atoms with E-state index in [2.05, 4.69) is 14.9 Å². The Hall–Kier alpha value is -2.85. The monoisotopic (exact) mass is 346 g/mol. The minimum absolute atomic E-state index is 0.0627. The van der Waals surface area contributed by atoms with E-state index >= 15 is 0 Å². The summed E-state index contributed by atoms with van der Waals surface area (Å²) in [6, 6.07) is 2.92. The molecule has 0 fully saturated rings. The largest absolute Gasteiger partial charge is 0.573 e. The molecule has 11 heteroatoms. The van der Waals surface area contributed by atoms with Crippen molar-refractivity contribution in [3.05, 3.63) is 45.9 Å². The van der Waals surface area contributed by atoms with Gasteiger partial charge in [-0.2, -0.15) is 5.10 Å². The van der Waals surface area contributed by atoms with Gasteiger partial charge in [0.2, 0.25) is 0 Å². The summed E-state index contributed by atoms with van der Waals surface area (Å²) in [5.41, 5.74) is -0.998. The van der Waals surface area contributed by atoms with Crippen LogP contribution in [0.2, 0.25) is 0 Å². The lowest BCUT2D eigenvalue weighted by molar-refractivity contribution is -0.275. The first kappa shape index (κ1) is 16.0. The standard InChI is InChI=1S/C13H10F4N4O3/c14-8-3-1-2-7(10(8)24-13(15,16)17)11(22)20-4-5-21-9(6-20)18-19-12(21)23/h1-3H,4-6H2,(H,19,23). The van der Waals surface area contributed by atoms with Crippen LogP contribution in [0.1, 0.15) is 16.2 Å². The second-order valence-corrected chi connectivity index (χ2v) is 4.99. The quantitative estimate of drug-likeness (QED) is 0.831. The molecule has 1 amide bonds. The summed E-state index contributed by atoms with van der Waals surface area (Å²) in [6.07, 6.45) is -5.14. The van der Waals surface area contributed by atoms with Gasteiger partial charge in [-0.05, 0) is 12.1 Å². The van der Waals surface area contributed by atoms with E-state index in [-0.39, 0.29) is 25.5 Å². The first-order valence-electron chi connectivity index (χ1n) is 6.74. The van der Waals surface area contributed by atoms with E-state index in [1.807, 2.05) is 0 Å². The van der Waals surface area contributed by atoms with Crippen LogP contribution >= 0.6 is 0 Å². The van der Waals surface area contributed by atoms with Crippen molar-refractivity contribution < 1.29 is 27.1 Å². The average Bonchev–Trinajstić information content (AvgIpc) is 2.88. The number of halogens is 4. The summed E-state index contributed by atoms with van der Waals surface area (Å²) < 4.78 is 56.0. The molecule has 0 saturated heterocycles. The average molecular weight is 346 g/mol. The minimum atomic E-state index is -5.14. The number of nitrogens with zero attached hydrogens (tertiary/aromatic N) is 3. The lowest BCUT2D eigenvalue weighted by atomic mass is 10.1. The van der Waals surface area contributed by atoms with E-state index < -0.39 is 35.1 Å². The van der Waals surface area contributed by atoms with Crippen molar-refractivity contribution >= 4 is 5.91 Å². The molecule has 0 spiro atoms. The summed E-state index contributed by atoms with van der Waals surface area (Å²) in [7, 11) is 0. The molecule has 0 radical (unpaired) electrons. The fourth-order valence-electron chi connectivity index (χ4n) is 2.41. The minimum Gasteiger partial charge on any atom is -0.402 e. The highest BCUT2D eigenvalue weighted by Gasteiger charge is 2.35. The van der Waals surface area contributed by atoms with Gasteiger partial charge in [-0.25, -0.2) is 14.3 Å². The molecule has 0 bridgehead atoms. The van der Waals surface area contributed by atoms with Gasteiger partial charge in [-0.3, -0.25) is 9.36 Å². The molecule has 3 rings (SSSR count). The first-order valence-corrected chi connectivity index (χ1v) is 6.74. The van der Waals surface area contributed by atoms with Crippen LogP contribution in [0.25, 0.3) is 0 Å². The number of hydrogen-bond donors (Lipinski definition) is 1. The predicted octanol–water partition coefficient (Wildman–Crippen LogP) is 1.27. The van der Waals surface area contributed by atoms with Gasteiger partial charge in [0.15, 0.2) is 17.4 Å². The molecule has 7 nitrogen and oxygen atoms in total. The van der Waals surface area contributed by atoms with E-state index in [1.54, 1.807) is 0 Å². The molecule has 24 heavy (non-hydrogen) atoms. The molecule has 1 aromatic heterocycles. The number of ether oxygens (including phenoxy) is 1. The zero-order chi connectivity index (χ0) is 17.5. The molecule has 0 atom stereocenters. The Morgan fingerprint density at radius 1 is 1.29 bits per heavy atom. The smallest absolute Gasteiger partial charge is 0.402 e. The molecule has 1 aliphatic rings. The molecular formula is C13H10F4N4O3. The van der Waals surface area contributed by atoms with Crippen LogP contribution < -0.4 is 10.4 Å². The van der Waals surface area contributed by atoms with Crippen LogP contribution in [0.15, 0.2) is 23.0 Å². The Balaban J connectivity index is 1.91. The number of aromatic amines is 1. The van der Waals surface area contributed by atoms with Crippen molar-refractivity contribution in [3.8, 4) is 5.75 Å². The van der Waals surface area contributed by atoms with Crippen LogP contribution in [0.3, 0.4) is 0 Å². The van der Waals surface area contributed by atoms with Crippen molar-refractivity contribution in [2.45, 2.75) is 19.5 Å². The second-order valence-electron chi connectivity index (χ2n) is 4.99.